The third-order valence-corrected chi connectivity index (χ3v) is 1.52. The van der Waals surface area contributed by atoms with Crippen molar-refractivity contribution >= 4 is 22.9 Å². The maximum Gasteiger partial charge on any atom is 0.142 e. The molecule has 0 aliphatic rings. The van der Waals surface area contributed by atoms with Gasteiger partial charge >= 0.3 is 0 Å². The van der Waals surface area contributed by atoms with Crippen LogP contribution in [0.1, 0.15) is 6.92 Å². The molecule has 1 N–H and O–H groups in total. The number of benzene rings is 1. The molecule has 0 atom stereocenters. The van der Waals surface area contributed by atoms with Gasteiger partial charge in [0.2, 0.25) is 0 Å². The van der Waals surface area contributed by atoms with Crippen molar-refractivity contribution in [2.24, 2.45) is 0 Å². The Bertz CT molecular complexity index is 286. The fraction of sp³-hybridized carbons (Fsp3) is 0.222. The molecule has 0 spiro atoms. The van der Waals surface area contributed by atoms with E-state index in [1.54, 1.807) is 7.11 Å². The van der Waals surface area contributed by atoms with Crippen molar-refractivity contribution in [2.75, 3.05) is 12.4 Å². The number of methoxy groups -OCH3 is 1. The molecule has 0 saturated heterocycles. The van der Waals surface area contributed by atoms with Gasteiger partial charge in [-0.25, -0.2) is 0 Å². The predicted molar refractivity (Wildman–Crippen MR) is 54.9 cm³/mol. The monoisotopic (exact) mass is 181 g/mol. The average Bonchev–Trinajstić information content (AvgIpc) is 2.04. The van der Waals surface area contributed by atoms with E-state index in [4.69, 9.17) is 17.0 Å². The second-order valence-electron chi connectivity index (χ2n) is 2.38. The summed E-state index contributed by atoms with van der Waals surface area (Å²) >= 11 is 4.92. The lowest BCUT2D eigenvalue weighted by Gasteiger charge is -2.08. The van der Waals surface area contributed by atoms with E-state index in [9.17, 15) is 0 Å². The van der Waals surface area contributed by atoms with Gasteiger partial charge in [0.1, 0.15) is 5.75 Å². The van der Waals surface area contributed by atoms with Gasteiger partial charge in [0.05, 0.1) is 17.8 Å². The van der Waals surface area contributed by atoms with Crippen LogP contribution in [-0.2, 0) is 0 Å². The number of nitrogens with one attached hydrogen (secondary N) is 1. The van der Waals surface area contributed by atoms with Crippen LogP contribution >= 0.6 is 12.2 Å². The van der Waals surface area contributed by atoms with Gasteiger partial charge in [-0.3, -0.25) is 0 Å². The number of para-hydroxylation sites is 2. The van der Waals surface area contributed by atoms with E-state index in [2.05, 4.69) is 5.32 Å². The van der Waals surface area contributed by atoms with Crippen molar-refractivity contribution in [3.8, 4) is 5.75 Å². The van der Waals surface area contributed by atoms with E-state index in [-0.39, 0.29) is 0 Å². The number of hydrogen-bond donors (Lipinski definition) is 1. The summed E-state index contributed by atoms with van der Waals surface area (Å²) in [7, 11) is 1.64. The Labute approximate surface area is 77.5 Å². The summed E-state index contributed by atoms with van der Waals surface area (Å²) in [5, 5.41) is 3.03. The molecule has 2 nitrogen and oxygen atoms in total. The summed E-state index contributed by atoms with van der Waals surface area (Å²) in [6, 6.07) is 7.67. The first-order chi connectivity index (χ1) is 5.74. The van der Waals surface area contributed by atoms with Crippen LogP contribution in [0.3, 0.4) is 0 Å². The van der Waals surface area contributed by atoms with Gasteiger partial charge in [-0.15, -0.1) is 0 Å². The molecule has 0 aliphatic carbocycles. The molecule has 12 heavy (non-hydrogen) atoms. The van der Waals surface area contributed by atoms with Gasteiger partial charge < -0.3 is 10.1 Å². The maximum atomic E-state index is 5.12. The van der Waals surface area contributed by atoms with Crippen molar-refractivity contribution < 1.29 is 4.74 Å². The van der Waals surface area contributed by atoms with Gasteiger partial charge in [0.15, 0.2) is 0 Å². The van der Waals surface area contributed by atoms with Gasteiger partial charge in [-0.2, -0.15) is 0 Å². The number of thiocarbonyl (C=S) groups is 1. The van der Waals surface area contributed by atoms with Gasteiger partial charge in [0, 0.05) is 0 Å². The Hall–Kier alpha value is -1.09. The van der Waals surface area contributed by atoms with E-state index in [1.165, 1.54) is 0 Å². The van der Waals surface area contributed by atoms with E-state index < -0.39 is 0 Å². The van der Waals surface area contributed by atoms with E-state index >= 15 is 0 Å². The first-order valence-electron chi connectivity index (χ1n) is 3.64. The Morgan fingerprint density at radius 3 is 2.67 bits per heavy atom. The highest BCUT2D eigenvalue weighted by molar-refractivity contribution is 7.80. The van der Waals surface area contributed by atoms with Gasteiger partial charge in [-0.05, 0) is 19.1 Å². The average molecular weight is 181 g/mol. The topological polar surface area (TPSA) is 21.3 Å². The molecule has 0 amide bonds. The smallest absolute Gasteiger partial charge is 0.142 e. The number of anilines is 1. The Morgan fingerprint density at radius 2 is 2.08 bits per heavy atom. The zero-order valence-electron chi connectivity index (χ0n) is 7.13. The fourth-order valence-electron chi connectivity index (χ4n) is 0.938. The SMILES string of the molecule is COc1ccccc1NC(C)=S. The summed E-state index contributed by atoms with van der Waals surface area (Å²) in [6.45, 7) is 1.84. The molecule has 0 unspecified atom stereocenters. The van der Waals surface area contributed by atoms with Crippen LogP contribution in [0.25, 0.3) is 0 Å². The largest absolute Gasteiger partial charge is 0.495 e. The lowest BCUT2D eigenvalue weighted by Crippen LogP contribution is -2.04. The highest BCUT2D eigenvalue weighted by Crippen LogP contribution is 2.22. The van der Waals surface area contributed by atoms with E-state index in [0.29, 0.717) is 0 Å². The van der Waals surface area contributed by atoms with Gasteiger partial charge in [0.25, 0.3) is 0 Å². The van der Waals surface area contributed by atoms with Crippen molar-refractivity contribution in [2.45, 2.75) is 6.92 Å². The number of hydrogen-bond acceptors (Lipinski definition) is 2. The molecule has 1 rings (SSSR count). The normalized spacial score (nSPS) is 9.17. The third kappa shape index (κ3) is 2.20. The Balaban J connectivity index is 2.89. The molecule has 0 fully saturated rings. The first-order valence-corrected chi connectivity index (χ1v) is 4.05. The van der Waals surface area contributed by atoms with Gasteiger partial charge in [-0.1, -0.05) is 24.4 Å². The van der Waals surface area contributed by atoms with Crippen LogP contribution in [0.4, 0.5) is 5.69 Å². The standard InChI is InChI=1S/C9H11NOS/c1-7(12)10-8-5-3-4-6-9(8)11-2/h3-6H,1-2H3,(H,10,12). The van der Waals surface area contributed by atoms with Crippen molar-refractivity contribution in [1.82, 2.24) is 0 Å². The zero-order chi connectivity index (χ0) is 8.97. The summed E-state index contributed by atoms with van der Waals surface area (Å²) in [4.78, 5) is 0.736. The van der Waals surface area contributed by atoms with E-state index in [0.717, 1.165) is 16.4 Å². The highest BCUT2D eigenvalue weighted by atomic mass is 32.1. The second-order valence-corrected chi connectivity index (χ2v) is 2.99. The summed E-state index contributed by atoms with van der Waals surface area (Å²) in [5.41, 5.74) is 0.910. The Morgan fingerprint density at radius 1 is 1.42 bits per heavy atom. The Kier molecular flexibility index (Phi) is 3.05. The predicted octanol–water partition coefficient (Wildman–Crippen LogP) is 2.45. The summed E-state index contributed by atoms with van der Waals surface area (Å²) in [5.74, 6) is 0.807. The number of rotatable bonds is 2. The molecule has 0 heterocycles. The molecular formula is C9H11NOS. The van der Waals surface area contributed by atoms with Crippen molar-refractivity contribution in [3.63, 3.8) is 0 Å². The van der Waals surface area contributed by atoms with Crippen LogP contribution in [-0.4, -0.2) is 12.1 Å². The second kappa shape index (κ2) is 4.07. The maximum absolute atomic E-state index is 5.12. The molecular weight excluding hydrogens is 170 g/mol. The van der Waals surface area contributed by atoms with E-state index in [1.807, 2.05) is 31.2 Å². The minimum atomic E-state index is 0.736. The molecule has 3 heteroatoms. The lowest BCUT2D eigenvalue weighted by atomic mass is 10.3. The summed E-state index contributed by atoms with van der Waals surface area (Å²) < 4.78 is 5.12. The molecule has 64 valence electrons. The van der Waals surface area contributed by atoms with Crippen molar-refractivity contribution in [3.05, 3.63) is 24.3 Å². The molecule has 0 bridgehead atoms. The van der Waals surface area contributed by atoms with Crippen LogP contribution in [0.2, 0.25) is 0 Å². The minimum absolute atomic E-state index is 0.736. The molecule has 0 aromatic heterocycles. The third-order valence-electron chi connectivity index (χ3n) is 1.42. The number of ether oxygens (including phenoxy) is 1. The first kappa shape index (κ1) is 9.00. The molecule has 0 saturated carbocycles. The van der Waals surface area contributed by atoms with Crippen LogP contribution in [0, 0.1) is 0 Å². The minimum Gasteiger partial charge on any atom is -0.495 e. The van der Waals surface area contributed by atoms with Crippen molar-refractivity contribution in [1.29, 1.82) is 0 Å². The highest BCUT2D eigenvalue weighted by Gasteiger charge is 1.99. The fourth-order valence-corrected chi connectivity index (χ4v) is 1.05. The zero-order valence-corrected chi connectivity index (χ0v) is 7.94. The molecule has 0 radical (unpaired) electrons. The van der Waals surface area contributed by atoms with Crippen LogP contribution < -0.4 is 10.1 Å². The molecule has 0 aliphatic heterocycles. The van der Waals surface area contributed by atoms with Crippen LogP contribution in [0.5, 0.6) is 5.75 Å². The lowest BCUT2D eigenvalue weighted by molar-refractivity contribution is 0.417. The molecule has 1 aromatic rings. The quantitative estimate of drug-likeness (QED) is 0.708. The summed E-state index contributed by atoms with van der Waals surface area (Å²) in [6.07, 6.45) is 0. The molecule has 1 aromatic carbocycles. The van der Waals surface area contributed by atoms with Crippen LogP contribution in [0.15, 0.2) is 24.3 Å².